The van der Waals surface area contributed by atoms with Crippen molar-refractivity contribution in [3.8, 4) is 17.2 Å². The van der Waals surface area contributed by atoms with Crippen LogP contribution in [0.1, 0.15) is 0 Å². The molecule has 11 rings (SSSR count). The monoisotopic (exact) mass is 584 g/mol. The fourth-order valence-corrected chi connectivity index (χ4v) is 8.00. The molecule has 0 atom stereocenters. The van der Waals surface area contributed by atoms with Gasteiger partial charge in [0.1, 0.15) is 0 Å². The third kappa shape index (κ3) is 2.98. The Morgan fingerprint density at radius 2 is 1.02 bits per heavy atom. The van der Waals surface area contributed by atoms with E-state index in [-0.39, 0.29) is 0 Å². The summed E-state index contributed by atoms with van der Waals surface area (Å²) in [6.45, 7) is 0. The molecule has 0 fully saturated rings. The van der Waals surface area contributed by atoms with Gasteiger partial charge >= 0.3 is 0 Å². The highest BCUT2D eigenvalue weighted by Gasteiger charge is 2.23. The number of hydrogen-bond acceptors (Lipinski definition) is 2. The number of benzene rings is 7. The Kier molecular flexibility index (Phi) is 4.55. The highest BCUT2D eigenvalue weighted by molar-refractivity contribution is 6.31. The maximum absolute atomic E-state index is 5.44. The zero-order valence-electron chi connectivity index (χ0n) is 24.6. The van der Waals surface area contributed by atoms with Crippen molar-refractivity contribution in [3.63, 3.8) is 0 Å². The number of aromatic nitrogens is 4. The lowest BCUT2D eigenvalue weighted by Gasteiger charge is -2.13. The van der Waals surface area contributed by atoms with E-state index >= 15 is 0 Å². The number of para-hydroxylation sites is 2. The maximum atomic E-state index is 5.44. The predicted octanol–water partition coefficient (Wildman–Crippen LogP) is 10.7. The van der Waals surface area contributed by atoms with Crippen molar-refractivity contribution in [3.05, 3.63) is 146 Å². The fourth-order valence-electron chi connectivity index (χ4n) is 8.00. The van der Waals surface area contributed by atoms with Gasteiger partial charge in [0.05, 0.1) is 38.8 Å². The van der Waals surface area contributed by atoms with E-state index in [9.17, 15) is 0 Å². The second-order valence-electron chi connectivity index (χ2n) is 12.2. The van der Waals surface area contributed by atoms with Gasteiger partial charge in [-0.15, -0.1) is 0 Å². The first-order valence-corrected chi connectivity index (χ1v) is 15.7. The molecule has 0 saturated heterocycles. The number of hydrogen-bond donors (Lipinski definition) is 0. The van der Waals surface area contributed by atoms with Crippen molar-refractivity contribution >= 4 is 81.6 Å². The zero-order chi connectivity index (χ0) is 29.9. The van der Waals surface area contributed by atoms with Gasteiger partial charge < -0.3 is 4.40 Å². The zero-order valence-corrected chi connectivity index (χ0v) is 24.6. The summed E-state index contributed by atoms with van der Waals surface area (Å²) >= 11 is 0. The quantitative estimate of drug-likeness (QED) is 0.190. The number of fused-ring (bicyclic) bond motifs is 8. The van der Waals surface area contributed by atoms with Crippen LogP contribution in [0.4, 0.5) is 0 Å². The Labute approximate surface area is 262 Å². The molecule has 4 nitrogen and oxygen atoms in total. The first kappa shape index (κ1) is 24.1. The molecular formula is C42H24N4. The van der Waals surface area contributed by atoms with Crippen LogP contribution in [0.2, 0.25) is 0 Å². The Morgan fingerprint density at radius 3 is 1.91 bits per heavy atom. The van der Waals surface area contributed by atoms with E-state index in [2.05, 4.69) is 155 Å². The molecule has 4 heteroatoms. The van der Waals surface area contributed by atoms with Gasteiger partial charge in [-0.25, -0.2) is 9.97 Å². The molecule has 0 saturated carbocycles. The molecule has 4 aromatic heterocycles. The second-order valence-corrected chi connectivity index (χ2v) is 12.2. The third-order valence-electron chi connectivity index (χ3n) is 9.84. The smallest absolute Gasteiger partial charge is 0.235 e. The van der Waals surface area contributed by atoms with Crippen LogP contribution in [0.25, 0.3) is 98.8 Å². The van der Waals surface area contributed by atoms with E-state index in [0.717, 1.165) is 38.6 Å². The molecule has 0 bridgehead atoms. The largest absolute Gasteiger partial charge is 0.308 e. The number of rotatable bonds is 2. The molecule has 11 aromatic rings. The minimum atomic E-state index is 0.673. The molecule has 0 spiro atoms. The van der Waals surface area contributed by atoms with Crippen molar-refractivity contribution < 1.29 is 0 Å². The lowest BCUT2D eigenvalue weighted by atomic mass is 10.0. The summed E-state index contributed by atoms with van der Waals surface area (Å²) in [5.74, 6) is 0.673. The first-order chi connectivity index (χ1) is 22.8. The van der Waals surface area contributed by atoms with Gasteiger partial charge in [0.25, 0.3) is 0 Å². The minimum Gasteiger partial charge on any atom is -0.308 e. The number of nitrogens with zero attached hydrogens (tertiary/aromatic N) is 4. The molecule has 46 heavy (non-hydrogen) atoms. The fraction of sp³-hybridized carbons (Fsp3) is 0. The van der Waals surface area contributed by atoms with Crippen molar-refractivity contribution in [2.24, 2.45) is 0 Å². The normalized spacial score (nSPS) is 12.3. The molecule has 0 aliphatic carbocycles. The van der Waals surface area contributed by atoms with Crippen molar-refractivity contribution in [1.82, 2.24) is 18.9 Å². The molecule has 0 N–H and O–H groups in total. The molecule has 212 valence electrons. The van der Waals surface area contributed by atoms with Crippen molar-refractivity contribution in [2.75, 3.05) is 0 Å². The summed E-state index contributed by atoms with van der Waals surface area (Å²) in [6, 6.07) is 52.1. The van der Waals surface area contributed by atoms with Gasteiger partial charge in [0, 0.05) is 37.9 Å². The maximum Gasteiger partial charge on any atom is 0.235 e. The van der Waals surface area contributed by atoms with E-state index in [4.69, 9.17) is 9.97 Å². The Hall–Kier alpha value is -6.26. The Balaban J connectivity index is 1.36. The van der Waals surface area contributed by atoms with Crippen LogP contribution < -0.4 is 0 Å². The lowest BCUT2D eigenvalue weighted by molar-refractivity contribution is 1.01. The van der Waals surface area contributed by atoms with E-state index in [1.165, 1.54) is 54.3 Å². The van der Waals surface area contributed by atoms with Gasteiger partial charge in [0.15, 0.2) is 0 Å². The van der Waals surface area contributed by atoms with Crippen LogP contribution in [0.3, 0.4) is 0 Å². The van der Waals surface area contributed by atoms with E-state index in [1.54, 1.807) is 0 Å². The summed E-state index contributed by atoms with van der Waals surface area (Å²) in [5.41, 5.74) is 8.79. The van der Waals surface area contributed by atoms with Crippen LogP contribution in [0, 0.1) is 0 Å². The first-order valence-electron chi connectivity index (χ1n) is 15.7. The summed E-state index contributed by atoms with van der Waals surface area (Å²) in [7, 11) is 0. The van der Waals surface area contributed by atoms with Crippen molar-refractivity contribution in [1.29, 1.82) is 0 Å². The standard InChI is InChI=1S/C42H24N4/c1-2-12-26(13-3-1)40-37-27-14-5-4-11-25(27)23-24-32(37)43-42(44-40)46-34-20-9-16-29-31-18-8-17-30-28-15-6-7-19-33(28)45(41(30)31)35-21-10-22-36(46)39(35)38(29)34/h1-24H. The molecule has 0 aliphatic rings. The second kappa shape index (κ2) is 8.68. The van der Waals surface area contributed by atoms with Crippen LogP contribution in [-0.4, -0.2) is 18.9 Å². The SMILES string of the molecule is c1ccc(-c2nc(-n3c4cccc5c6cccc7c8ccccc8n(c8cccc3c8c54)c67)nc3ccc4ccccc4c23)cc1. The highest BCUT2D eigenvalue weighted by atomic mass is 15.2. The van der Waals surface area contributed by atoms with Crippen molar-refractivity contribution in [2.45, 2.75) is 0 Å². The van der Waals surface area contributed by atoms with Gasteiger partial charge in [-0.05, 0) is 46.5 Å². The summed E-state index contributed by atoms with van der Waals surface area (Å²) in [5, 5.41) is 10.9. The molecular weight excluding hydrogens is 560 g/mol. The van der Waals surface area contributed by atoms with E-state index < -0.39 is 0 Å². The van der Waals surface area contributed by atoms with Gasteiger partial charge in [-0.2, -0.15) is 0 Å². The highest BCUT2D eigenvalue weighted by Crippen LogP contribution is 2.44. The molecule has 7 aromatic carbocycles. The average molecular weight is 585 g/mol. The Morgan fingerprint density at radius 1 is 0.391 bits per heavy atom. The Bertz CT molecular complexity index is 3020. The molecule has 0 radical (unpaired) electrons. The van der Waals surface area contributed by atoms with Gasteiger partial charge in [-0.1, -0.05) is 115 Å². The molecule has 0 amide bonds. The molecule has 4 heterocycles. The van der Waals surface area contributed by atoms with Gasteiger partial charge in [-0.3, -0.25) is 4.57 Å². The lowest BCUT2D eigenvalue weighted by Crippen LogP contribution is -2.04. The molecule has 0 aliphatic heterocycles. The van der Waals surface area contributed by atoms with E-state index in [0.29, 0.717) is 5.95 Å². The summed E-state index contributed by atoms with van der Waals surface area (Å²) in [6.07, 6.45) is 0. The van der Waals surface area contributed by atoms with Crippen LogP contribution >= 0.6 is 0 Å². The minimum absolute atomic E-state index is 0.673. The predicted molar refractivity (Wildman–Crippen MR) is 191 cm³/mol. The van der Waals surface area contributed by atoms with E-state index in [1.807, 2.05) is 0 Å². The van der Waals surface area contributed by atoms with Crippen LogP contribution in [-0.2, 0) is 0 Å². The average Bonchev–Trinajstić information content (AvgIpc) is 3.60. The third-order valence-corrected chi connectivity index (χ3v) is 9.84. The van der Waals surface area contributed by atoms with Crippen LogP contribution in [0.15, 0.2) is 146 Å². The van der Waals surface area contributed by atoms with Gasteiger partial charge in [0.2, 0.25) is 5.95 Å². The topological polar surface area (TPSA) is 35.1 Å². The molecule has 0 unspecified atom stereocenters. The summed E-state index contributed by atoms with van der Waals surface area (Å²) < 4.78 is 4.74. The van der Waals surface area contributed by atoms with Crippen LogP contribution in [0.5, 0.6) is 0 Å². The summed E-state index contributed by atoms with van der Waals surface area (Å²) in [4.78, 5) is 10.8.